The van der Waals surface area contributed by atoms with E-state index < -0.39 is 6.61 Å². The third kappa shape index (κ3) is 3.59. The van der Waals surface area contributed by atoms with Crippen molar-refractivity contribution < 1.29 is 18.3 Å². The van der Waals surface area contributed by atoms with Crippen LogP contribution in [0.5, 0.6) is 5.75 Å². The van der Waals surface area contributed by atoms with Crippen LogP contribution in [0.4, 0.5) is 8.78 Å². The zero-order chi connectivity index (χ0) is 14.8. The van der Waals surface area contributed by atoms with Gasteiger partial charge in [-0.1, -0.05) is 11.6 Å². The molecule has 1 aliphatic rings. The Balaban J connectivity index is 2.10. The molecule has 0 spiro atoms. The number of hydrogen-bond donors (Lipinski definition) is 1. The fraction of sp³-hybridized carbons (Fsp3) is 0.571. The van der Waals surface area contributed by atoms with Gasteiger partial charge in [-0.15, -0.1) is 0 Å². The standard InChI is InChI=1S/C14H18ClF2NO2/c1-9-14(2,5-6-19-9)18-8-10-7-11(15)3-4-12(10)20-13(16)17/h3-4,7,9,13,18H,5-6,8H2,1-2H3. The summed E-state index contributed by atoms with van der Waals surface area (Å²) in [7, 11) is 0. The Morgan fingerprint density at radius 2 is 2.30 bits per heavy atom. The Morgan fingerprint density at radius 3 is 2.90 bits per heavy atom. The lowest BCUT2D eigenvalue weighted by Crippen LogP contribution is -2.47. The van der Waals surface area contributed by atoms with E-state index in [1.807, 2.05) is 6.92 Å². The molecule has 112 valence electrons. The van der Waals surface area contributed by atoms with E-state index in [-0.39, 0.29) is 17.4 Å². The highest BCUT2D eigenvalue weighted by Crippen LogP contribution is 2.28. The quantitative estimate of drug-likeness (QED) is 0.901. The Morgan fingerprint density at radius 1 is 1.55 bits per heavy atom. The topological polar surface area (TPSA) is 30.5 Å². The van der Waals surface area contributed by atoms with E-state index in [9.17, 15) is 8.78 Å². The molecule has 2 unspecified atom stereocenters. The lowest BCUT2D eigenvalue weighted by atomic mass is 9.94. The van der Waals surface area contributed by atoms with E-state index in [2.05, 4.69) is 17.0 Å². The van der Waals surface area contributed by atoms with Crippen molar-refractivity contribution in [2.24, 2.45) is 0 Å². The van der Waals surface area contributed by atoms with E-state index in [4.69, 9.17) is 16.3 Å². The highest BCUT2D eigenvalue weighted by Gasteiger charge is 2.36. The van der Waals surface area contributed by atoms with Crippen LogP contribution in [0.1, 0.15) is 25.8 Å². The molecule has 0 radical (unpaired) electrons. The fourth-order valence-electron chi connectivity index (χ4n) is 2.26. The number of ether oxygens (including phenoxy) is 2. The summed E-state index contributed by atoms with van der Waals surface area (Å²) >= 11 is 5.92. The molecule has 2 atom stereocenters. The summed E-state index contributed by atoms with van der Waals surface area (Å²) in [6, 6.07) is 4.63. The maximum Gasteiger partial charge on any atom is 0.387 e. The molecule has 1 fully saturated rings. The molecule has 1 aromatic carbocycles. The molecule has 0 amide bonds. The molecule has 0 aromatic heterocycles. The number of alkyl halides is 2. The summed E-state index contributed by atoms with van der Waals surface area (Å²) in [4.78, 5) is 0. The maximum absolute atomic E-state index is 12.4. The van der Waals surface area contributed by atoms with Crippen LogP contribution in [0.2, 0.25) is 5.02 Å². The first-order chi connectivity index (χ1) is 9.40. The lowest BCUT2D eigenvalue weighted by Gasteiger charge is -2.29. The number of benzene rings is 1. The zero-order valence-corrected chi connectivity index (χ0v) is 12.2. The van der Waals surface area contributed by atoms with Crippen molar-refractivity contribution in [2.45, 2.75) is 45.1 Å². The summed E-state index contributed by atoms with van der Waals surface area (Å²) < 4.78 is 34.8. The SMILES string of the molecule is CC1OCCC1(C)NCc1cc(Cl)ccc1OC(F)F. The van der Waals surface area contributed by atoms with Crippen molar-refractivity contribution in [3.63, 3.8) is 0 Å². The number of halogens is 3. The van der Waals surface area contributed by atoms with Crippen molar-refractivity contribution in [1.29, 1.82) is 0 Å². The van der Waals surface area contributed by atoms with E-state index in [1.54, 1.807) is 6.07 Å². The summed E-state index contributed by atoms with van der Waals surface area (Å²) in [6.45, 7) is 2.30. The lowest BCUT2D eigenvalue weighted by molar-refractivity contribution is -0.0505. The predicted octanol–water partition coefficient (Wildman–Crippen LogP) is 3.60. The molecule has 1 saturated heterocycles. The largest absolute Gasteiger partial charge is 0.434 e. The maximum atomic E-state index is 12.4. The minimum absolute atomic E-state index is 0.0705. The summed E-state index contributed by atoms with van der Waals surface area (Å²) in [6.07, 6.45) is 0.945. The van der Waals surface area contributed by atoms with Crippen LogP contribution in [-0.4, -0.2) is 24.9 Å². The summed E-state index contributed by atoms with van der Waals surface area (Å²) in [5.74, 6) is 0.145. The third-order valence-electron chi connectivity index (χ3n) is 3.81. The molecule has 1 heterocycles. The zero-order valence-electron chi connectivity index (χ0n) is 11.5. The number of rotatable bonds is 5. The highest BCUT2D eigenvalue weighted by molar-refractivity contribution is 6.30. The smallest absolute Gasteiger partial charge is 0.387 e. The van der Waals surface area contributed by atoms with Gasteiger partial charge in [-0.05, 0) is 38.5 Å². The van der Waals surface area contributed by atoms with E-state index in [1.165, 1.54) is 12.1 Å². The van der Waals surface area contributed by atoms with Gasteiger partial charge >= 0.3 is 6.61 Å². The second-order valence-corrected chi connectivity index (χ2v) is 5.60. The van der Waals surface area contributed by atoms with Crippen molar-refractivity contribution in [3.05, 3.63) is 28.8 Å². The van der Waals surface area contributed by atoms with Gasteiger partial charge in [-0.2, -0.15) is 8.78 Å². The minimum atomic E-state index is -2.85. The van der Waals surface area contributed by atoms with Gasteiger partial charge in [-0.25, -0.2) is 0 Å². The molecule has 0 bridgehead atoms. The average Bonchev–Trinajstić information content (AvgIpc) is 2.70. The van der Waals surface area contributed by atoms with Crippen molar-refractivity contribution in [1.82, 2.24) is 5.32 Å². The van der Waals surface area contributed by atoms with Crippen LogP contribution in [0.25, 0.3) is 0 Å². The highest BCUT2D eigenvalue weighted by atomic mass is 35.5. The van der Waals surface area contributed by atoms with Gasteiger partial charge in [-0.3, -0.25) is 0 Å². The van der Waals surface area contributed by atoms with Gasteiger partial charge in [0.25, 0.3) is 0 Å². The van der Waals surface area contributed by atoms with Crippen LogP contribution in [0.15, 0.2) is 18.2 Å². The van der Waals surface area contributed by atoms with Gasteiger partial charge in [0, 0.05) is 29.3 Å². The second-order valence-electron chi connectivity index (χ2n) is 5.16. The molecule has 3 nitrogen and oxygen atoms in total. The molecule has 6 heteroatoms. The predicted molar refractivity (Wildman–Crippen MR) is 73.4 cm³/mol. The van der Waals surface area contributed by atoms with Crippen LogP contribution < -0.4 is 10.1 Å². The monoisotopic (exact) mass is 305 g/mol. The Labute approximate surface area is 122 Å². The first kappa shape index (κ1) is 15.5. The Hall–Kier alpha value is -0.910. The third-order valence-corrected chi connectivity index (χ3v) is 4.04. The van der Waals surface area contributed by atoms with Crippen molar-refractivity contribution >= 4 is 11.6 Å². The van der Waals surface area contributed by atoms with Crippen LogP contribution in [-0.2, 0) is 11.3 Å². The molecular weight excluding hydrogens is 288 g/mol. The van der Waals surface area contributed by atoms with E-state index in [0.29, 0.717) is 23.7 Å². The van der Waals surface area contributed by atoms with E-state index in [0.717, 1.165) is 6.42 Å². The van der Waals surface area contributed by atoms with Crippen LogP contribution >= 0.6 is 11.6 Å². The second kappa shape index (κ2) is 6.24. The van der Waals surface area contributed by atoms with Crippen molar-refractivity contribution in [2.75, 3.05) is 6.61 Å². The van der Waals surface area contributed by atoms with Gasteiger partial charge in [0.15, 0.2) is 0 Å². The van der Waals surface area contributed by atoms with Gasteiger partial charge in [0.1, 0.15) is 5.75 Å². The molecule has 1 aliphatic heterocycles. The molecule has 2 rings (SSSR count). The molecule has 1 aromatic rings. The van der Waals surface area contributed by atoms with Crippen molar-refractivity contribution in [3.8, 4) is 5.75 Å². The van der Waals surface area contributed by atoms with Crippen LogP contribution in [0.3, 0.4) is 0 Å². The summed E-state index contributed by atoms with van der Waals surface area (Å²) in [5, 5.41) is 3.85. The van der Waals surface area contributed by atoms with Gasteiger partial charge in [0.2, 0.25) is 0 Å². The fourth-order valence-corrected chi connectivity index (χ4v) is 2.46. The Kier molecular flexibility index (Phi) is 4.83. The minimum Gasteiger partial charge on any atom is -0.434 e. The molecule has 20 heavy (non-hydrogen) atoms. The Bertz CT molecular complexity index is 472. The number of hydrogen-bond acceptors (Lipinski definition) is 3. The normalized spacial score (nSPS) is 26.2. The van der Waals surface area contributed by atoms with E-state index >= 15 is 0 Å². The average molecular weight is 306 g/mol. The molecular formula is C14H18ClF2NO2. The van der Waals surface area contributed by atoms with Crippen LogP contribution in [0, 0.1) is 0 Å². The molecule has 1 N–H and O–H groups in total. The molecule has 0 aliphatic carbocycles. The van der Waals surface area contributed by atoms with Gasteiger partial charge < -0.3 is 14.8 Å². The number of nitrogens with one attached hydrogen (secondary N) is 1. The summed E-state index contributed by atoms with van der Waals surface area (Å²) in [5.41, 5.74) is 0.433. The van der Waals surface area contributed by atoms with Gasteiger partial charge in [0.05, 0.1) is 6.10 Å². The molecule has 0 saturated carbocycles. The first-order valence-corrected chi connectivity index (χ1v) is 6.88. The first-order valence-electron chi connectivity index (χ1n) is 6.50.